The van der Waals surface area contributed by atoms with Crippen LogP contribution < -0.4 is 0 Å². The van der Waals surface area contributed by atoms with Gasteiger partial charge >= 0.3 is 0 Å². The lowest BCUT2D eigenvalue weighted by Crippen LogP contribution is -2.50. The van der Waals surface area contributed by atoms with Crippen LogP contribution in [0.2, 0.25) is 0 Å². The predicted molar refractivity (Wildman–Crippen MR) is 70.2 cm³/mol. The Bertz CT molecular complexity index is 99.6. The van der Waals surface area contributed by atoms with E-state index in [2.05, 4.69) is 0 Å². The third kappa shape index (κ3) is 5.00. The Labute approximate surface area is 87.2 Å². The van der Waals surface area contributed by atoms with Crippen molar-refractivity contribution < 1.29 is 0 Å². The summed E-state index contributed by atoms with van der Waals surface area (Å²) >= 11 is 0. The van der Waals surface area contributed by atoms with Gasteiger partial charge < -0.3 is 8.34 Å². The van der Waals surface area contributed by atoms with Gasteiger partial charge in [0.05, 0.1) is 0 Å². The Kier molecular flexibility index (Phi) is 7.20. The third-order valence-corrected chi connectivity index (χ3v) is 2.88. The SMILES string of the molecule is [B][B]B([B])[P-]B(B([B])[B])B([B])[B]. The highest BCUT2D eigenvalue weighted by Crippen LogP contribution is 2.17. The molecule has 0 aliphatic rings. The fraction of sp³-hybridized carbons (Fsp3) is 0. The van der Waals surface area contributed by atoms with Crippen LogP contribution in [-0.2, 0) is 0 Å². The van der Waals surface area contributed by atoms with Crippen LogP contribution in [-0.4, -0.2) is 78.7 Å². The van der Waals surface area contributed by atoms with Gasteiger partial charge in [-0.3, -0.25) is 0 Å². The lowest BCUT2D eigenvalue weighted by atomic mass is 8.80. The minimum Gasteiger partial charge on any atom is -0.629 e. The topological polar surface area (TPSA) is 0 Å². The zero-order valence-electron chi connectivity index (χ0n) is 6.80. The van der Waals surface area contributed by atoms with E-state index in [9.17, 15) is 0 Å². The number of hydrogen-bond donors (Lipinski definition) is 0. The Hall–Kier alpha value is 1.14. The van der Waals surface area contributed by atoms with Gasteiger partial charge in [0.2, 0.25) is 0 Å². The smallest absolute Gasteiger partial charge is 0.00205 e. The molecule has 0 nitrogen and oxygen atoms in total. The molecule has 0 amide bonds. The van der Waals surface area contributed by atoms with Crippen LogP contribution in [0.4, 0.5) is 0 Å². The van der Waals surface area contributed by atoms with E-state index < -0.39 is 12.8 Å². The highest BCUT2D eigenvalue weighted by Gasteiger charge is 2.11. The molecule has 0 atom stereocenters. The number of hydrogen-bond acceptors (Lipinski definition) is 0. The second-order valence-corrected chi connectivity index (χ2v) is 3.97. The van der Waals surface area contributed by atoms with E-state index in [1.807, 2.05) is 0 Å². The molecule has 0 spiro atoms. The fourth-order valence-corrected chi connectivity index (χ4v) is 1.60. The van der Waals surface area contributed by atoms with Crippen molar-refractivity contribution in [1.29, 1.82) is 0 Å². The summed E-state index contributed by atoms with van der Waals surface area (Å²) in [6, 6.07) is 0. The van der Waals surface area contributed by atoms with Crippen molar-refractivity contribution >= 4 is 87.0 Å². The minimum absolute atomic E-state index is 0.236. The first-order valence-electron chi connectivity index (χ1n) is 3.52. The van der Waals surface area contributed by atoms with E-state index in [1.54, 1.807) is 0 Å². The molecule has 12 heteroatoms. The van der Waals surface area contributed by atoms with Crippen LogP contribution in [0.3, 0.4) is 0 Å². The first-order valence-corrected chi connectivity index (χ1v) is 4.55. The zero-order chi connectivity index (χ0) is 9.72. The minimum atomic E-state index is -0.572. The maximum Gasteiger partial charge on any atom is -0.00205 e. The fourth-order valence-electron chi connectivity index (χ4n) is 0.704. The molecule has 0 aromatic carbocycles. The van der Waals surface area contributed by atoms with Crippen LogP contribution in [0.15, 0.2) is 0 Å². The highest BCUT2D eigenvalue weighted by molar-refractivity contribution is 8.27. The van der Waals surface area contributed by atoms with Gasteiger partial charge in [-0.15, -0.1) is 12.4 Å². The lowest BCUT2D eigenvalue weighted by Gasteiger charge is -2.40. The van der Waals surface area contributed by atoms with Crippen LogP contribution in [0, 0.1) is 0 Å². The molecule has 0 aromatic heterocycles. The van der Waals surface area contributed by atoms with E-state index in [1.165, 1.54) is 7.06 Å². The Morgan fingerprint density at radius 1 is 0.917 bits per heavy atom. The van der Waals surface area contributed by atoms with Gasteiger partial charge in [0, 0.05) is 0 Å². The highest BCUT2D eigenvalue weighted by atomic mass is 31.1. The van der Waals surface area contributed by atoms with Gasteiger partial charge in [-0.1, -0.05) is 0 Å². The summed E-state index contributed by atoms with van der Waals surface area (Å²) in [5, 5.41) is 0. The molecule has 13 radical (unpaired) electrons. The van der Waals surface area contributed by atoms with E-state index in [0.29, 0.717) is 0 Å². The average molecular weight is 150 g/mol. The van der Waals surface area contributed by atoms with Gasteiger partial charge in [0.15, 0.2) is 0 Å². The van der Waals surface area contributed by atoms with Gasteiger partial charge in [-0.25, -0.2) is 0 Å². The largest absolute Gasteiger partial charge is 0.629 e. The van der Waals surface area contributed by atoms with Crippen molar-refractivity contribution in [2.75, 3.05) is 0 Å². The molecule has 0 N–H and O–H groups in total. The summed E-state index contributed by atoms with van der Waals surface area (Å²) in [7, 11) is 34.6. The van der Waals surface area contributed by atoms with E-state index in [4.69, 9.17) is 46.4 Å². The summed E-state index contributed by atoms with van der Waals surface area (Å²) in [6.45, 7) is 0. The Morgan fingerprint density at radius 3 is 1.58 bits per heavy atom. The van der Waals surface area contributed by atoms with Gasteiger partial charge in [0.25, 0.3) is 0 Å². The molecule has 0 unspecified atom stereocenters. The number of rotatable bonds is 5. The summed E-state index contributed by atoms with van der Waals surface area (Å²) in [5.41, 5.74) is 0. The van der Waals surface area contributed by atoms with Gasteiger partial charge in [-0.2, -0.15) is 0 Å². The molecule has 0 heterocycles. The molecule has 0 aliphatic carbocycles. The maximum absolute atomic E-state index is 5.53. The van der Waals surface area contributed by atoms with E-state index >= 15 is 0 Å². The van der Waals surface area contributed by atoms with Crippen LogP contribution >= 0.6 is 8.34 Å². The maximum atomic E-state index is 5.53. The zero-order valence-corrected chi connectivity index (χ0v) is 7.69. The molecule has 0 aromatic rings. The van der Waals surface area contributed by atoms with Gasteiger partial charge in [0.1, 0.15) is 0 Å². The molecular formula is B11P-. The quantitative estimate of drug-likeness (QED) is 0.284. The summed E-state index contributed by atoms with van der Waals surface area (Å²) in [5.74, 6) is 0. The van der Waals surface area contributed by atoms with E-state index in [0.717, 1.165) is 8.34 Å². The van der Waals surface area contributed by atoms with Crippen LogP contribution in [0.5, 0.6) is 0 Å². The third-order valence-electron chi connectivity index (χ3n) is 1.33. The van der Waals surface area contributed by atoms with Crippen LogP contribution in [0.25, 0.3) is 0 Å². The molecule has 0 saturated heterocycles. The van der Waals surface area contributed by atoms with E-state index in [-0.39, 0.29) is 12.4 Å². The van der Waals surface area contributed by atoms with Crippen molar-refractivity contribution in [3.8, 4) is 0 Å². The van der Waals surface area contributed by atoms with Crippen molar-refractivity contribution in [3.05, 3.63) is 0 Å². The first-order chi connectivity index (χ1) is 5.49. The molecule has 0 aliphatic heterocycles. The van der Waals surface area contributed by atoms with Crippen molar-refractivity contribution in [2.45, 2.75) is 0 Å². The Morgan fingerprint density at radius 2 is 1.33 bits per heavy atom. The van der Waals surface area contributed by atoms with Gasteiger partial charge in [-0.05, 0) is 66.3 Å². The second kappa shape index (κ2) is 6.58. The molecule has 12 heavy (non-hydrogen) atoms. The Balaban J connectivity index is 3.95. The summed E-state index contributed by atoms with van der Waals surface area (Å²) in [6.07, 6.45) is -1.67. The lowest BCUT2D eigenvalue weighted by molar-refractivity contribution is 3.63. The molecule has 0 rings (SSSR count). The van der Waals surface area contributed by atoms with Crippen molar-refractivity contribution in [2.24, 2.45) is 0 Å². The molecule has 0 fully saturated rings. The summed E-state index contributed by atoms with van der Waals surface area (Å²) in [4.78, 5) is 0. The normalized spacial score (nSPS) is 9.67. The molecule has 39 valence electrons. The molecule has 0 saturated carbocycles. The van der Waals surface area contributed by atoms with Crippen molar-refractivity contribution in [1.82, 2.24) is 0 Å². The second-order valence-electron chi connectivity index (χ2n) is 2.48. The predicted octanol–water partition coefficient (Wildman–Crippen LogP) is -3.33. The monoisotopic (exact) mass is 152 g/mol. The standard InChI is InChI=1S/B11P/c1-7-10(6)12-11(8(2)3)9(4)5/q-1. The summed E-state index contributed by atoms with van der Waals surface area (Å²) < 4.78 is 0. The van der Waals surface area contributed by atoms with Crippen LogP contribution in [0.1, 0.15) is 0 Å². The average Bonchev–Trinajstić information content (AvgIpc) is 1.98. The molecule has 0 bridgehead atoms. The molecular weight excluding hydrogens is 150 g/mol. The van der Waals surface area contributed by atoms with Crippen molar-refractivity contribution in [3.63, 3.8) is 0 Å². The first kappa shape index (κ1) is 13.1.